The van der Waals surface area contributed by atoms with Crippen LogP contribution in [-0.2, 0) is 19.3 Å². The molecule has 8 heteroatoms. The van der Waals surface area contributed by atoms with Crippen LogP contribution >= 0.6 is 0 Å². The monoisotopic (exact) mass is 393 g/mol. The first-order valence-corrected chi connectivity index (χ1v) is 9.36. The van der Waals surface area contributed by atoms with Crippen molar-refractivity contribution < 1.29 is 13.5 Å². The zero-order chi connectivity index (χ0) is 20.0. The van der Waals surface area contributed by atoms with Crippen molar-refractivity contribution >= 4 is 5.65 Å². The Morgan fingerprint density at radius 3 is 2.86 bits per heavy atom. The molecule has 1 aliphatic rings. The Balaban J connectivity index is 1.50. The summed E-state index contributed by atoms with van der Waals surface area (Å²) in [5.41, 5.74) is 4.23. The fraction of sp³-hybridized carbons (Fsp3) is 0.238. The number of pyridine rings is 1. The van der Waals surface area contributed by atoms with Gasteiger partial charge in [0, 0.05) is 41.4 Å². The number of nitrogens with zero attached hydrogens (tertiary/aromatic N) is 5. The van der Waals surface area contributed by atoms with Gasteiger partial charge in [0.1, 0.15) is 23.7 Å². The van der Waals surface area contributed by atoms with Crippen LogP contribution in [0.25, 0.3) is 16.8 Å². The number of benzene rings is 1. The summed E-state index contributed by atoms with van der Waals surface area (Å²) in [5, 5.41) is 8.22. The molecule has 0 fully saturated rings. The molecule has 0 atom stereocenters. The Bertz CT molecular complexity index is 1240. The van der Waals surface area contributed by atoms with Crippen LogP contribution in [0.1, 0.15) is 22.6 Å². The highest BCUT2D eigenvalue weighted by Gasteiger charge is 2.20. The fourth-order valence-corrected chi connectivity index (χ4v) is 3.88. The van der Waals surface area contributed by atoms with Gasteiger partial charge in [0.25, 0.3) is 0 Å². The van der Waals surface area contributed by atoms with E-state index in [-0.39, 0.29) is 5.82 Å². The molecule has 1 aromatic carbocycles. The second-order valence-electron chi connectivity index (χ2n) is 6.98. The van der Waals surface area contributed by atoms with E-state index in [4.69, 9.17) is 4.74 Å². The number of halogens is 2. The summed E-state index contributed by atoms with van der Waals surface area (Å²) in [5.74, 6) is 0.726. The van der Waals surface area contributed by atoms with E-state index >= 15 is 0 Å². The van der Waals surface area contributed by atoms with E-state index in [1.165, 1.54) is 12.1 Å². The maximum Gasteiger partial charge on any atom is 0.213 e. The molecule has 6 nitrogen and oxygen atoms in total. The van der Waals surface area contributed by atoms with E-state index in [0.29, 0.717) is 42.8 Å². The molecule has 29 heavy (non-hydrogen) atoms. The van der Waals surface area contributed by atoms with E-state index < -0.39 is 5.95 Å². The van der Waals surface area contributed by atoms with Crippen molar-refractivity contribution in [3.8, 4) is 16.9 Å². The normalized spacial score (nSPS) is 12.9. The smallest absolute Gasteiger partial charge is 0.213 e. The van der Waals surface area contributed by atoms with Crippen LogP contribution in [0.2, 0.25) is 0 Å². The molecule has 146 valence electrons. The second kappa shape index (κ2) is 6.88. The zero-order valence-corrected chi connectivity index (χ0v) is 15.7. The van der Waals surface area contributed by atoms with Gasteiger partial charge in [-0.15, -0.1) is 10.2 Å². The highest BCUT2D eigenvalue weighted by molar-refractivity contribution is 5.77. The van der Waals surface area contributed by atoms with E-state index in [2.05, 4.69) is 20.2 Å². The molecule has 0 bridgehead atoms. The second-order valence-corrected chi connectivity index (χ2v) is 6.98. The van der Waals surface area contributed by atoms with Crippen molar-refractivity contribution in [1.82, 2.24) is 24.6 Å². The molecule has 0 amide bonds. The Morgan fingerprint density at radius 1 is 1.10 bits per heavy atom. The summed E-state index contributed by atoms with van der Waals surface area (Å²) in [6, 6.07) is 6.11. The van der Waals surface area contributed by atoms with Gasteiger partial charge >= 0.3 is 0 Å². The first kappa shape index (κ1) is 17.7. The van der Waals surface area contributed by atoms with Gasteiger partial charge in [-0.25, -0.2) is 14.4 Å². The van der Waals surface area contributed by atoms with E-state index in [1.54, 1.807) is 36.0 Å². The average Bonchev–Trinajstić information content (AvgIpc) is 3.37. The summed E-state index contributed by atoms with van der Waals surface area (Å²) in [6.45, 7) is 2.32. The number of aromatic nitrogens is 5. The molecular weight excluding hydrogens is 376 g/mol. The van der Waals surface area contributed by atoms with Crippen LogP contribution in [0.4, 0.5) is 8.78 Å². The van der Waals surface area contributed by atoms with Gasteiger partial charge in [-0.2, -0.15) is 4.39 Å². The summed E-state index contributed by atoms with van der Waals surface area (Å²) in [6.07, 6.45) is 5.00. The van der Waals surface area contributed by atoms with Gasteiger partial charge in [-0.05, 0) is 43.2 Å². The highest BCUT2D eigenvalue weighted by Crippen LogP contribution is 2.31. The van der Waals surface area contributed by atoms with Crippen molar-refractivity contribution in [2.24, 2.45) is 0 Å². The first-order valence-electron chi connectivity index (χ1n) is 9.36. The summed E-state index contributed by atoms with van der Waals surface area (Å²) < 4.78 is 35.1. The maximum absolute atomic E-state index is 14.4. The lowest BCUT2D eigenvalue weighted by molar-refractivity contribution is 0.356. The van der Waals surface area contributed by atoms with Crippen LogP contribution < -0.4 is 4.74 Å². The van der Waals surface area contributed by atoms with Gasteiger partial charge in [-0.1, -0.05) is 0 Å². The predicted octanol–water partition coefficient (Wildman–Crippen LogP) is 3.49. The largest absolute Gasteiger partial charge is 0.493 e. The summed E-state index contributed by atoms with van der Waals surface area (Å²) >= 11 is 0. The number of ether oxygens (including phenoxy) is 1. The third-order valence-electron chi connectivity index (χ3n) is 5.29. The highest BCUT2D eigenvalue weighted by atomic mass is 19.1. The molecule has 1 aliphatic heterocycles. The topological polar surface area (TPSA) is 65.2 Å². The molecule has 0 saturated heterocycles. The minimum Gasteiger partial charge on any atom is -0.493 e. The van der Waals surface area contributed by atoms with Gasteiger partial charge in [0.2, 0.25) is 5.95 Å². The Hall–Kier alpha value is -3.42. The van der Waals surface area contributed by atoms with Crippen molar-refractivity contribution in [1.29, 1.82) is 0 Å². The van der Waals surface area contributed by atoms with Crippen LogP contribution in [0, 0.1) is 18.7 Å². The third kappa shape index (κ3) is 3.00. The number of hydrogen-bond donors (Lipinski definition) is 0. The van der Waals surface area contributed by atoms with Crippen LogP contribution in [0.15, 0.2) is 36.8 Å². The van der Waals surface area contributed by atoms with Gasteiger partial charge in [0.15, 0.2) is 5.65 Å². The van der Waals surface area contributed by atoms with E-state index in [9.17, 15) is 8.78 Å². The Labute approximate surface area is 165 Å². The number of rotatable bonds is 4. The van der Waals surface area contributed by atoms with Crippen molar-refractivity contribution in [2.75, 3.05) is 6.61 Å². The predicted molar refractivity (Wildman–Crippen MR) is 102 cm³/mol. The molecule has 5 rings (SSSR count). The maximum atomic E-state index is 14.4. The Morgan fingerprint density at radius 2 is 2.00 bits per heavy atom. The molecular formula is C21H17F2N5O. The first-order chi connectivity index (χ1) is 14.1. The summed E-state index contributed by atoms with van der Waals surface area (Å²) in [7, 11) is 0. The lowest BCUT2D eigenvalue weighted by Crippen LogP contribution is -2.06. The molecule has 0 N–H and O–H groups in total. The fourth-order valence-electron chi connectivity index (χ4n) is 3.88. The molecule has 0 saturated carbocycles. The van der Waals surface area contributed by atoms with Crippen LogP contribution in [0.5, 0.6) is 5.75 Å². The third-order valence-corrected chi connectivity index (χ3v) is 5.29. The molecule has 3 aromatic heterocycles. The lowest BCUT2D eigenvalue weighted by atomic mass is 10.00. The molecule has 0 aliphatic carbocycles. The van der Waals surface area contributed by atoms with Crippen molar-refractivity contribution in [3.63, 3.8) is 0 Å². The molecule has 4 aromatic rings. The molecule has 0 spiro atoms. The molecule has 0 unspecified atom stereocenters. The molecule has 0 radical (unpaired) electrons. The number of fused-ring (bicyclic) bond motifs is 2. The SMILES string of the molecule is Cc1nc(F)ccc1-c1cnc(CCc2c(F)ccc3c2CCO3)n2cnnc12. The zero-order valence-electron chi connectivity index (χ0n) is 15.7. The van der Waals surface area contributed by atoms with Crippen LogP contribution in [-0.4, -0.2) is 31.2 Å². The molecule has 4 heterocycles. The summed E-state index contributed by atoms with van der Waals surface area (Å²) in [4.78, 5) is 8.44. The van der Waals surface area contributed by atoms with Gasteiger partial charge in [-0.3, -0.25) is 4.40 Å². The number of aryl methyl sites for hydroxylation is 2. The van der Waals surface area contributed by atoms with Crippen molar-refractivity contribution in [3.05, 3.63) is 71.2 Å². The lowest BCUT2D eigenvalue weighted by Gasteiger charge is -2.11. The minimum atomic E-state index is -0.533. The average molecular weight is 393 g/mol. The van der Waals surface area contributed by atoms with E-state index in [0.717, 1.165) is 28.3 Å². The van der Waals surface area contributed by atoms with Gasteiger partial charge in [0.05, 0.1) is 6.61 Å². The van der Waals surface area contributed by atoms with Gasteiger partial charge < -0.3 is 4.74 Å². The number of hydrogen-bond acceptors (Lipinski definition) is 5. The quantitative estimate of drug-likeness (QED) is 0.497. The Kier molecular flexibility index (Phi) is 4.19. The van der Waals surface area contributed by atoms with Crippen LogP contribution in [0.3, 0.4) is 0 Å². The van der Waals surface area contributed by atoms with E-state index in [1.807, 2.05) is 0 Å². The standard InChI is InChI=1S/C21H17F2N5O/c1-12-13(2-6-19(23)26-12)16-10-24-20(28-11-25-27-21(16)28)7-3-14-15-8-9-29-18(15)5-4-17(14)22/h2,4-6,10-11H,3,7-9H2,1H3. The minimum absolute atomic E-state index is 0.223. The van der Waals surface area contributed by atoms with Crippen molar-refractivity contribution in [2.45, 2.75) is 26.2 Å².